The normalized spacial score (nSPS) is 14.2. The maximum atomic E-state index is 12.5. The Morgan fingerprint density at radius 1 is 0.962 bits per heavy atom. The van der Waals surface area contributed by atoms with Crippen molar-refractivity contribution in [1.82, 2.24) is 9.80 Å². The van der Waals surface area contributed by atoms with Crippen molar-refractivity contribution in [2.75, 3.05) is 32.8 Å². The number of aromatic hydroxyl groups is 1. The highest BCUT2D eigenvalue weighted by atomic mass is 35.5. The Hall–Kier alpha value is -2.73. The van der Waals surface area contributed by atoms with Gasteiger partial charge in [0.05, 0.1) is 10.6 Å². The van der Waals surface area contributed by atoms with Crippen molar-refractivity contribution in [3.63, 3.8) is 0 Å². The second kappa shape index (κ2) is 8.10. The number of hydrogen-bond donors (Lipinski definition) is 1. The van der Waals surface area contributed by atoms with Crippen LogP contribution in [0.4, 0.5) is 0 Å². The molecule has 0 atom stereocenters. The number of phenolic OH excluding ortho intramolecular Hbond substituents is 1. The van der Waals surface area contributed by atoms with Crippen molar-refractivity contribution in [2.45, 2.75) is 0 Å². The second-order valence-corrected chi connectivity index (χ2v) is 6.34. The smallest absolute Gasteiger partial charge is 0.260 e. The van der Waals surface area contributed by atoms with Gasteiger partial charge in [-0.15, -0.1) is 0 Å². The minimum absolute atomic E-state index is 0.0801. The molecule has 1 fully saturated rings. The Morgan fingerprint density at radius 3 is 2.23 bits per heavy atom. The van der Waals surface area contributed by atoms with E-state index in [2.05, 4.69) is 0 Å². The fourth-order valence-electron chi connectivity index (χ4n) is 2.74. The summed E-state index contributed by atoms with van der Waals surface area (Å²) in [6.07, 6.45) is 0. The molecule has 2 aromatic rings. The van der Waals surface area contributed by atoms with Crippen molar-refractivity contribution in [3.8, 4) is 11.5 Å². The number of carbonyl (C=O) groups excluding carboxylic acids is 2. The van der Waals surface area contributed by atoms with Gasteiger partial charge >= 0.3 is 0 Å². The van der Waals surface area contributed by atoms with Crippen LogP contribution in [0, 0.1) is 0 Å². The molecule has 3 rings (SSSR count). The third-order valence-corrected chi connectivity index (χ3v) is 4.55. The molecule has 0 saturated carbocycles. The third kappa shape index (κ3) is 4.26. The molecule has 1 heterocycles. The summed E-state index contributed by atoms with van der Waals surface area (Å²) in [6, 6.07) is 13.1. The van der Waals surface area contributed by atoms with E-state index in [-0.39, 0.29) is 24.2 Å². The van der Waals surface area contributed by atoms with Crippen molar-refractivity contribution < 1.29 is 19.4 Å². The molecule has 0 spiro atoms. The maximum Gasteiger partial charge on any atom is 0.260 e. The molecule has 6 nitrogen and oxygen atoms in total. The van der Waals surface area contributed by atoms with E-state index in [1.807, 2.05) is 0 Å². The van der Waals surface area contributed by atoms with Gasteiger partial charge in [-0.3, -0.25) is 9.59 Å². The second-order valence-electron chi connectivity index (χ2n) is 5.94. The van der Waals surface area contributed by atoms with E-state index in [0.717, 1.165) is 0 Å². The topological polar surface area (TPSA) is 70.1 Å². The molecule has 0 unspecified atom stereocenters. The van der Waals surface area contributed by atoms with Gasteiger partial charge in [0.2, 0.25) is 0 Å². The first-order chi connectivity index (χ1) is 12.5. The highest BCUT2D eigenvalue weighted by molar-refractivity contribution is 6.33. The van der Waals surface area contributed by atoms with Gasteiger partial charge < -0.3 is 19.6 Å². The lowest BCUT2D eigenvalue weighted by atomic mass is 10.2. The van der Waals surface area contributed by atoms with Gasteiger partial charge in [-0.1, -0.05) is 23.7 Å². The number of hydrogen-bond acceptors (Lipinski definition) is 4. The SMILES string of the molecule is O=C(COc1ccc(O)cc1)N1CCN(C(=O)c2ccccc2Cl)CC1. The van der Waals surface area contributed by atoms with Crippen molar-refractivity contribution in [1.29, 1.82) is 0 Å². The number of ether oxygens (including phenoxy) is 1. The summed E-state index contributed by atoms with van der Waals surface area (Å²) >= 11 is 6.08. The van der Waals surface area contributed by atoms with Crippen molar-refractivity contribution in [2.24, 2.45) is 0 Å². The first-order valence-corrected chi connectivity index (χ1v) is 8.66. The van der Waals surface area contributed by atoms with Crippen LogP contribution in [-0.4, -0.2) is 59.5 Å². The molecule has 136 valence electrons. The molecule has 0 aromatic heterocycles. The summed E-state index contributed by atoms with van der Waals surface area (Å²) in [5.41, 5.74) is 0.476. The van der Waals surface area contributed by atoms with Crippen LogP contribution in [0.15, 0.2) is 48.5 Å². The van der Waals surface area contributed by atoms with Gasteiger partial charge in [0.1, 0.15) is 11.5 Å². The molecule has 1 saturated heterocycles. The first kappa shape index (κ1) is 18.1. The largest absolute Gasteiger partial charge is 0.508 e. The molecule has 2 amide bonds. The molecule has 26 heavy (non-hydrogen) atoms. The van der Waals surface area contributed by atoms with E-state index < -0.39 is 0 Å². The third-order valence-electron chi connectivity index (χ3n) is 4.22. The van der Waals surface area contributed by atoms with E-state index in [1.54, 1.807) is 46.2 Å². The van der Waals surface area contributed by atoms with Crippen molar-refractivity contribution >= 4 is 23.4 Å². The van der Waals surface area contributed by atoms with Gasteiger partial charge in [0.15, 0.2) is 6.61 Å². The van der Waals surface area contributed by atoms with Crippen LogP contribution in [0.1, 0.15) is 10.4 Å². The Balaban J connectivity index is 1.50. The summed E-state index contributed by atoms with van der Waals surface area (Å²) < 4.78 is 5.44. The summed E-state index contributed by atoms with van der Waals surface area (Å²) in [7, 11) is 0. The van der Waals surface area contributed by atoms with Gasteiger partial charge in [-0.2, -0.15) is 0 Å². The number of amides is 2. The number of piperazine rings is 1. The van der Waals surface area contributed by atoms with Gasteiger partial charge in [-0.05, 0) is 36.4 Å². The molecule has 1 aliphatic heterocycles. The maximum absolute atomic E-state index is 12.5. The standard InChI is InChI=1S/C19H19ClN2O4/c20-17-4-2-1-3-16(17)19(25)22-11-9-21(10-12-22)18(24)13-26-15-7-5-14(23)6-8-15/h1-8,23H,9-13H2. The van der Waals surface area contributed by atoms with Crippen LogP contribution < -0.4 is 4.74 Å². The van der Waals surface area contributed by atoms with Crippen LogP contribution in [0.2, 0.25) is 5.02 Å². The van der Waals surface area contributed by atoms with E-state index in [9.17, 15) is 14.7 Å². The Bertz CT molecular complexity index is 786. The molecule has 2 aromatic carbocycles. The number of halogens is 1. The van der Waals surface area contributed by atoms with E-state index in [1.165, 1.54) is 12.1 Å². The zero-order valence-corrected chi connectivity index (χ0v) is 14.9. The van der Waals surface area contributed by atoms with E-state index in [4.69, 9.17) is 16.3 Å². The van der Waals surface area contributed by atoms with Crippen LogP contribution in [0.25, 0.3) is 0 Å². The number of nitrogens with zero attached hydrogens (tertiary/aromatic N) is 2. The quantitative estimate of drug-likeness (QED) is 0.892. The zero-order valence-electron chi connectivity index (χ0n) is 14.1. The van der Waals surface area contributed by atoms with E-state index in [0.29, 0.717) is 42.5 Å². The van der Waals surface area contributed by atoms with Crippen molar-refractivity contribution in [3.05, 3.63) is 59.1 Å². The predicted molar refractivity (Wildman–Crippen MR) is 97.5 cm³/mol. The van der Waals surface area contributed by atoms with Gasteiger partial charge in [-0.25, -0.2) is 0 Å². The zero-order chi connectivity index (χ0) is 18.5. The lowest BCUT2D eigenvalue weighted by Gasteiger charge is -2.34. The number of rotatable bonds is 4. The molecule has 1 aliphatic rings. The Morgan fingerprint density at radius 2 is 1.58 bits per heavy atom. The van der Waals surface area contributed by atoms with Crippen LogP contribution >= 0.6 is 11.6 Å². The molecular formula is C19H19ClN2O4. The number of carbonyl (C=O) groups is 2. The molecule has 0 aliphatic carbocycles. The molecule has 7 heteroatoms. The summed E-state index contributed by atoms with van der Waals surface area (Å²) in [4.78, 5) is 28.2. The van der Waals surface area contributed by atoms with E-state index >= 15 is 0 Å². The summed E-state index contributed by atoms with van der Waals surface area (Å²) in [6.45, 7) is 1.73. The molecule has 0 bridgehead atoms. The first-order valence-electron chi connectivity index (χ1n) is 8.28. The monoisotopic (exact) mass is 374 g/mol. The molecular weight excluding hydrogens is 356 g/mol. The van der Waals surface area contributed by atoms with Crippen LogP contribution in [-0.2, 0) is 4.79 Å². The number of phenols is 1. The number of benzene rings is 2. The fraction of sp³-hybridized carbons (Fsp3) is 0.263. The highest BCUT2D eigenvalue weighted by Crippen LogP contribution is 2.19. The average molecular weight is 375 g/mol. The Labute approximate surface area is 156 Å². The molecule has 1 N–H and O–H groups in total. The van der Waals surface area contributed by atoms with Crippen LogP contribution in [0.5, 0.6) is 11.5 Å². The lowest BCUT2D eigenvalue weighted by Crippen LogP contribution is -2.51. The van der Waals surface area contributed by atoms with Gasteiger partial charge in [0.25, 0.3) is 11.8 Å². The summed E-state index contributed by atoms with van der Waals surface area (Å²) in [5, 5.41) is 9.66. The highest BCUT2D eigenvalue weighted by Gasteiger charge is 2.25. The lowest BCUT2D eigenvalue weighted by molar-refractivity contribution is -0.134. The van der Waals surface area contributed by atoms with Crippen LogP contribution in [0.3, 0.4) is 0 Å². The molecule has 0 radical (unpaired) electrons. The Kier molecular flexibility index (Phi) is 5.63. The summed E-state index contributed by atoms with van der Waals surface area (Å²) in [5.74, 6) is 0.401. The minimum Gasteiger partial charge on any atom is -0.508 e. The fourth-order valence-corrected chi connectivity index (χ4v) is 2.96. The predicted octanol–water partition coefficient (Wildman–Crippen LogP) is 2.41. The van der Waals surface area contributed by atoms with Gasteiger partial charge in [0, 0.05) is 26.2 Å². The average Bonchev–Trinajstić information content (AvgIpc) is 2.67. The minimum atomic E-state index is -0.136.